The standard InChI is InChI=1S/C15H10BrFN4O2/c16-11-6-5-10(13(17)7-11)8-23-15(22)12-3-1-2-4-14(12)21-9-18-19-20-21/h1-7,9H,8H2. The van der Waals surface area contributed by atoms with E-state index in [1.807, 2.05) is 0 Å². The maximum atomic E-state index is 13.8. The summed E-state index contributed by atoms with van der Waals surface area (Å²) in [5.41, 5.74) is 1.07. The molecule has 1 heterocycles. The van der Waals surface area contributed by atoms with E-state index >= 15 is 0 Å². The van der Waals surface area contributed by atoms with Gasteiger partial charge in [0.1, 0.15) is 18.8 Å². The number of ether oxygens (including phenoxy) is 1. The van der Waals surface area contributed by atoms with Crippen LogP contribution in [0.15, 0.2) is 53.3 Å². The average Bonchev–Trinajstić information content (AvgIpc) is 3.08. The summed E-state index contributed by atoms with van der Waals surface area (Å²) >= 11 is 3.18. The molecule has 6 nitrogen and oxygen atoms in total. The van der Waals surface area contributed by atoms with Crippen LogP contribution in [0.4, 0.5) is 4.39 Å². The zero-order valence-electron chi connectivity index (χ0n) is 11.7. The Morgan fingerprint density at radius 2 is 2.09 bits per heavy atom. The molecule has 0 fully saturated rings. The maximum Gasteiger partial charge on any atom is 0.340 e. The van der Waals surface area contributed by atoms with Gasteiger partial charge in [-0.15, -0.1) is 5.10 Å². The number of rotatable bonds is 4. The van der Waals surface area contributed by atoms with Crippen molar-refractivity contribution in [3.63, 3.8) is 0 Å². The lowest BCUT2D eigenvalue weighted by Gasteiger charge is -2.09. The second-order valence-electron chi connectivity index (χ2n) is 4.58. The first-order valence-electron chi connectivity index (χ1n) is 6.58. The lowest BCUT2D eigenvalue weighted by atomic mass is 10.2. The van der Waals surface area contributed by atoms with E-state index < -0.39 is 11.8 Å². The van der Waals surface area contributed by atoms with Crippen molar-refractivity contribution in [2.45, 2.75) is 6.61 Å². The van der Waals surface area contributed by atoms with Crippen LogP contribution in [-0.4, -0.2) is 26.2 Å². The molecular weight excluding hydrogens is 367 g/mol. The summed E-state index contributed by atoms with van der Waals surface area (Å²) in [4.78, 5) is 12.3. The van der Waals surface area contributed by atoms with E-state index in [4.69, 9.17) is 4.74 Å². The summed E-state index contributed by atoms with van der Waals surface area (Å²) in [6.45, 7) is -0.165. The van der Waals surface area contributed by atoms with Gasteiger partial charge in [-0.3, -0.25) is 0 Å². The first-order chi connectivity index (χ1) is 11.1. The largest absolute Gasteiger partial charge is 0.457 e. The molecule has 0 radical (unpaired) electrons. The summed E-state index contributed by atoms with van der Waals surface area (Å²) in [6.07, 6.45) is 1.38. The SMILES string of the molecule is O=C(OCc1ccc(Br)cc1F)c1ccccc1-n1cnnn1. The number of halogens is 2. The molecular formula is C15H10BrFN4O2. The van der Waals surface area contributed by atoms with E-state index in [0.717, 1.165) is 0 Å². The average molecular weight is 377 g/mol. The first-order valence-corrected chi connectivity index (χ1v) is 7.38. The fourth-order valence-corrected chi connectivity index (χ4v) is 2.31. The van der Waals surface area contributed by atoms with Crippen molar-refractivity contribution in [3.8, 4) is 5.69 Å². The topological polar surface area (TPSA) is 69.9 Å². The smallest absolute Gasteiger partial charge is 0.340 e. The van der Waals surface area contributed by atoms with Crippen molar-refractivity contribution >= 4 is 21.9 Å². The normalized spacial score (nSPS) is 10.5. The highest BCUT2D eigenvalue weighted by molar-refractivity contribution is 9.10. The minimum atomic E-state index is -0.585. The molecule has 2 aromatic carbocycles. The van der Waals surface area contributed by atoms with Crippen LogP contribution in [0.2, 0.25) is 0 Å². The van der Waals surface area contributed by atoms with E-state index in [-0.39, 0.29) is 12.2 Å². The predicted molar refractivity (Wildman–Crippen MR) is 82.4 cm³/mol. The highest BCUT2D eigenvalue weighted by atomic mass is 79.9. The fourth-order valence-electron chi connectivity index (χ4n) is 1.98. The third-order valence-corrected chi connectivity index (χ3v) is 3.59. The molecule has 116 valence electrons. The molecule has 0 unspecified atom stereocenters. The van der Waals surface area contributed by atoms with Gasteiger partial charge in [0.15, 0.2) is 0 Å². The number of esters is 1. The number of carbonyl (C=O) groups excluding carboxylic acids is 1. The number of para-hydroxylation sites is 1. The molecule has 0 saturated carbocycles. The van der Waals surface area contributed by atoms with Gasteiger partial charge in [0.25, 0.3) is 0 Å². The lowest BCUT2D eigenvalue weighted by Crippen LogP contribution is -2.10. The van der Waals surface area contributed by atoms with E-state index in [0.29, 0.717) is 15.7 Å². The van der Waals surface area contributed by atoms with Crippen LogP contribution in [0.25, 0.3) is 5.69 Å². The summed E-state index contributed by atoms with van der Waals surface area (Å²) in [5.74, 6) is -1.03. The Hall–Kier alpha value is -2.61. The third kappa shape index (κ3) is 3.42. The number of nitrogens with zero attached hydrogens (tertiary/aromatic N) is 4. The van der Waals surface area contributed by atoms with Crippen molar-refractivity contribution in [3.05, 3.63) is 70.2 Å². The molecule has 0 aliphatic rings. The molecule has 3 aromatic rings. The number of hydrogen-bond acceptors (Lipinski definition) is 5. The number of benzene rings is 2. The van der Waals surface area contributed by atoms with Crippen LogP contribution in [0.5, 0.6) is 0 Å². The molecule has 3 rings (SSSR count). The van der Waals surface area contributed by atoms with Gasteiger partial charge in [-0.05, 0) is 34.7 Å². The number of aromatic nitrogens is 4. The number of carbonyl (C=O) groups is 1. The molecule has 0 N–H and O–H groups in total. The minimum absolute atomic E-state index is 0.165. The highest BCUT2D eigenvalue weighted by Gasteiger charge is 2.15. The second-order valence-corrected chi connectivity index (χ2v) is 5.50. The van der Waals surface area contributed by atoms with Crippen molar-refractivity contribution in [2.24, 2.45) is 0 Å². The molecule has 0 aliphatic heterocycles. The third-order valence-electron chi connectivity index (χ3n) is 3.09. The van der Waals surface area contributed by atoms with Crippen LogP contribution < -0.4 is 0 Å². The Kier molecular flexibility index (Phi) is 4.42. The Balaban J connectivity index is 1.79. The maximum absolute atomic E-state index is 13.8. The molecule has 0 spiro atoms. The summed E-state index contributed by atoms with van der Waals surface area (Å²) in [5, 5.41) is 10.8. The lowest BCUT2D eigenvalue weighted by molar-refractivity contribution is 0.0469. The van der Waals surface area contributed by atoms with Gasteiger partial charge in [0.2, 0.25) is 0 Å². The molecule has 0 aliphatic carbocycles. The van der Waals surface area contributed by atoms with Crippen LogP contribution >= 0.6 is 15.9 Å². The van der Waals surface area contributed by atoms with Gasteiger partial charge < -0.3 is 4.74 Å². The monoisotopic (exact) mass is 376 g/mol. The molecule has 0 saturated heterocycles. The summed E-state index contributed by atoms with van der Waals surface area (Å²) in [6, 6.07) is 11.3. The van der Waals surface area contributed by atoms with Gasteiger partial charge in [-0.25, -0.2) is 9.18 Å². The zero-order valence-corrected chi connectivity index (χ0v) is 13.3. The predicted octanol–water partition coefficient (Wildman–Crippen LogP) is 2.92. The van der Waals surface area contributed by atoms with Crippen molar-refractivity contribution in [2.75, 3.05) is 0 Å². The zero-order chi connectivity index (χ0) is 16.2. The molecule has 8 heteroatoms. The van der Waals surface area contributed by atoms with Crippen LogP contribution in [-0.2, 0) is 11.3 Å². The Labute approximate surface area is 139 Å². The molecule has 0 bridgehead atoms. The van der Waals surface area contributed by atoms with Crippen molar-refractivity contribution < 1.29 is 13.9 Å². The molecule has 23 heavy (non-hydrogen) atoms. The summed E-state index contributed by atoms with van der Waals surface area (Å²) < 4.78 is 20.9. The summed E-state index contributed by atoms with van der Waals surface area (Å²) in [7, 11) is 0. The van der Waals surface area contributed by atoms with Crippen LogP contribution in [0.3, 0.4) is 0 Å². The Morgan fingerprint density at radius 3 is 2.83 bits per heavy atom. The van der Waals surface area contributed by atoms with E-state index in [2.05, 4.69) is 31.5 Å². The fraction of sp³-hybridized carbons (Fsp3) is 0.0667. The van der Waals surface area contributed by atoms with Gasteiger partial charge in [0, 0.05) is 10.0 Å². The second kappa shape index (κ2) is 6.66. The highest BCUT2D eigenvalue weighted by Crippen LogP contribution is 2.18. The van der Waals surface area contributed by atoms with E-state index in [9.17, 15) is 9.18 Å². The van der Waals surface area contributed by atoms with Gasteiger partial charge in [-0.2, -0.15) is 4.68 Å². The minimum Gasteiger partial charge on any atom is -0.457 e. The van der Waals surface area contributed by atoms with Gasteiger partial charge in [-0.1, -0.05) is 34.1 Å². The quantitative estimate of drug-likeness (QED) is 0.654. The first kappa shape index (κ1) is 15.3. The van der Waals surface area contributed by atoms with Crippen LogP contribution in [0, 0.1) is 5.82 Å². The molecule has 0 atom stereocenters. The number of hydrogen-bond donors (Lipinski definition) is 0. The molecule has 0 amide bonds. The van der Waals surface area contributed by atoms with Gasteiger partial charge in [0.05, 0.1) is 11.3 Å². The van der Waals surface area contributed by atoms with Crippen LogP contribution in [0.1, 0.15) is 15.9 Å². The van der Waals surface area contributed by atoms with Crippen molar-refractivity contribution in [1.29, 1.82) is 0 Å². The Bertz CT molecular complexity index is 839. The van der Waals surface area contributed by atoms with E-state index in [1.54, 1.807) is 36.4 Å². The van der Waals surface area contributed by atoms with E-state index in [1.165, 1.54) is 17.1 Å². The Morgan fingerprint density at radius 1 is 1.26 bits per heavy atom. The van der Waals surface area contributed by atoms with Crippen molar-refractivity contribution in [1.82, 2.24) is 20.2 Å². The molecule has 1 aromatic heterocycles. The number of tetrazole rings is 1. The van der Waals surface area contributed by atoms with Gasteiger partial charge >= 0.3 is 5.97 Å².